The van der Waals surface area contributed by atoms with Gasteiger partial charge in [0.2, 0.25) is 5.91 Å². The van der Waals surface area contributed by atoms with Crippen molar-refractivity contribution in [3.05, 3.63) is 83.9 Å². The number of nitrogens with one attached hydrogen (secondary N) is 1. The maximum Gasteiger partial charge on any atom is 0.223 e. The van der Waals surface area contributed by atoms with Gasteiger partial charge in [0.25, 0.3) is 0 Å². The van der Waals surface area contributed by atoms with Crippen molar-refractivity contribution in [1.29, 1.82) is 0 Å². The molecule has 2 fully saturated rings. The average molecular weight is 472 g/mol. The van der Waals surface area contributed by atoms with Crippen LogP contribution in [0.4, 0.5) is 0 Å². The van der Waals surface area contributed by atoms with Crippen LogP contribution < -0.4 is 19.5 Å². The molecular formula is C30H33NO4. The van der Waals surface area contributed by atoms with Gasteiger partial charge in [0.05, 0.1) is 13.2 Å². The Bertz CT molecular complexity index is 1120. The van der Waals surface area contributed by atoms with Crippen LogP contribution in [0.15, 0.2) is 72.8 Å². The lowest BCUT2D eigenvalue weighted by atomic mass is 9.82. The van der Waals surface area contributed by atoms with Crippen molar-refractivity contribution in [1.82, 2.24) is 5.32 Å². The van der Waals surface area contributed by atoms with E-state index in [-0.39, 0.29) is 23.8 Å². The van der Waals surface area contributed by atoms with Gasteiger partial charge in [0.15, 0.2) is 11.5 Å². The van der Waals surface area contributed by atoms with Gasteiger partial charge in [-0.1, -0.05) is 36.4 Å². The largest absolute Gasteiger partial charge is 0.493 e. The van der Waals surface area contributed by atoms with E-state index < -0.39 is 0 Å². The van der Waals surface area contributed by atoms with Crippen LogP contribution in [0.5, 0.6) is 23.0 Å². The van der Waals surface area contributed by atoms with E-state index in [1.807, 2.05) is 48.5 Å². The van der Waals surface area contributed by atoms with Crippen LogP contribution in [0.1, 0.15) is 49.1 Å². The molecule has 1 aliphatic carbocycles. The standard InChI is InChI=1S/C30H33NO4/c1-33-28-16-13-22(19-29(28)35-26-9-5-6-10-26)24-18-23(30(32)31-20-24)17-21-11-14-27(15-12-21)34-25-7-3-2-4-8-25/h2-4,7-8,11-16,19,23-24,26H,5-6,9-10,17-18,20H2,1H3,(H,31,32). The zero-order chi connectivity index (χ0) is 24.0. The van der Waals surface area contributed by atoms with E-state index in [0.717, 1.165) is 47.8 Å². The predicted octanol–water partition coefficient (Wildman–Crippen LogP) is 6.27. The second-order valence-corrected chi connectivity index (χ2v) is 9.57. The zero-order valence-electron chi connectivity index (χ0n) is 20.2. The molecule has 0 radical (unpaired) electrons. The van der Waals surface area contributed by atoms with E-state index in [1.54, 1.807) is 7.11 Å². The summed E-state index contributed by atoms with van der Waals surface area (Å²) >= 11 is 0. The molecule has 1 N–H and O–H groups in total. The van der Waals surface area contributed by atoms with Gasteiger partial charge in [-0.25, -0.2) is 0 Å². The number of carbonyl (C=O) groups is 1. The first kappa shape index (κ1) is 23.3. The van der Waals surface area contributed by atoms with Gasteiger partial charge in [-0.05, 0) is 86.1 Å². The molecule has 1 amide bonds. The van der Waals surface area contributed by atoms with Gasteiger partial charge in [-0.3, -0.25) is 4.79 Å². The Morgan fingerprint density at radius 3 is 2.37 bits per heavy atom. The molecule has 182 valence electrons. The summed E-state index contributed by atoms with van der Waals surface area (Å²) in [6.45, 7) is 0.647. The molecule has 1 heterocycles. The third kappa shape index (κ3) is 5.79. The highest BCUT2D eigenvalue weighted by atomic mass is 16.5. The van der Waals surface area contributed by atoms with Crippen molar-refractivity contribution in [2.45, 2.75) is 50.5 Å². The monoisotopic (exact) mass is 471 g/mol. The summed E-state index contributed by atoms with van der Waals surface area (Å²) in [6, 6.07) is 24.0. The van der Waals surface area contributed by atoms with Crippen molar-refractivity contribution in [2.75, 3.05) is 13.7 Å². The molecule has 3 aromatic carbocycles. The highest BCUT2D eigenvalue weighted by molar-refractivity contribution is 5.80. The van der Waals surface area contributed by atoms with Crippen LogP contribution in [0.3, 0.4) is 0 Å². The normalized spacial score (nSPS) is 20.3. The van der Waals surface area contributed by atoms with Crippen LogP contribution in [0, 0.1) is 5.92 Å². The van der Waals surface area contributed by atoms with E-state index in [0.29, 0.717) is 13.0 Å². The summed E-state index contributed by atoms with van der Waals surface area (Å²) in [5, 5.41) is 3.13. The highest BCUT2D eigenvalue weighted by Gasteiger charge is 2.30. The molecule has 5 nitrogen and oxygen atoms in total. The molecule has 3 aromatic rings. The van der Waals surface area contributed by atoms with Gasteiger partial charge < -0.3 is 19.5 Å². The molecule has 1 saturated heterocycles. The Labute approximate surface area is 207 Å². The molecule has 5 heteroatoms. The maximum atomic E-state index is 12.7. The number of ether oxygens (including phenoxy) is 3. The maximum absolute atomic E-state index is 12.7. The van der Waals surface area contributed by atoms with Gasteiger partial charge in [-0.15, -0.1) is 0 Å². The Morgan fingerprint density at radius 2 is 1.63 bits per heavy atom. The Kier molecular flexibility index (Phi) is 7.22. The van der Waals surface area contributed by atoms with Crippen LogP contribution >= 0.6 is 0 Å². The highest BCUT2D eigenvalue weighted by Crippen LogP contribution is 2.37. The summed E-state index contributed by atoms with van der Waals surface area (Å²) in [5.41, 5.74) is 2.32. The summed E-state index contributed by atoms with van der Waals surface area (Å²) in [4.78, 5) is 12.7. The van der Waals surface area contributed by atoms with Gasteiger partial charge >= 0.3 is 0 Å². The molecule has 35 heavy (non-hydrogen) atoms. The molecule has 1 aliphatic heterocycles. The zero-order valence-corrected chi connectivity index (χ0v) is 20.2. The van der Waals surface area contributed by atoms with E-state index >= 15 is 0 Å². The van der Waals surface area contributed by atoms with E-state index in [1.165, 1.54) is 18.4 Å². The minimum atomic E-state index is -0.0732. The topological polar surface area (TPSA) is 56.8 Å². The molecule has 1 saturated carbocycles. The number of amides is 1. The first-order valence-electron chi connectivity index (χ1n) is 12.6. The van der Waals surface area contributed by atoms with Crippen LogP contribution in [0.2, 0.25) is 0 Å². The fraction of sp³-hybridized carbons (Fsp3) is 0.367. The first-order valence-corrected chi connectivity index (χ1v) is 12.6. The fourth-order valence-corrected chi connectivity index (χ4v) is 5.16. The molecule has 2 atom stereocenters. The minimum absolute atomic E-state index is 0.0732. The van der Waals surface area contributed by atoms with Crippen LogP contribution in [-0.4, -0.2) is 25.7 Å². The molecular weight excluding hydrogens is 438 g/mol. The smallest absolute Gasteiger partial charge is 0.223 e. The Hall–Kier alpha value is -3.47. The quantitative estimate of drug-likeness (QED) is 0.421. The second-order valence-electron chi connectivity index (χ2n) is 9.57. The lowest BCUT2D eigenvalue weighted by molar-refractivity contribution is -0.126. The Balaban J connectivity index is 1.25. The number of carbonyl (C=O) groups excluding carboxylic acids is 1. The van der Waals surface area contributed by atoms with E-state index in [9.17, 15) is 4.79 Å². The molecule has 2 aliphatic rings. The number of para-hydroxylation sites is 1. The fourth-order valence-electron chi connectivity index (χ4n) is 5.16. The minimum Gasteiger partial charge on any atom is -0.493 e. The summed E-state index contributed by atoms with van der Waals surface area (Å²) in [6.07, 6.45) is 6.43. The van der Waals surface area contributed by atoms with Gasteiger partial charge in [0, 0.05) is 18.4 Å². The van der Waals surface area contributed by atoms with E-state index in [4.69, 9.17) is 14.2 Å². The number of benzene rings is 3. The molecule has 0 spiro atoms. The van der Waals surface area contributed by atoms with Crippen molar-refractivity contribution in [3.63, 3.8) is 0 Å². The lowest BCUT2D eigenvalue weighted by Crippen LogP contribution is -2.41. The number of methoxy groups -OCH3 is 1. The van der Waals surface area contributed by atoms with Crippen molar-refractivity contribution < 1.29 is 19.0 Å². The lowest BCUT2D eigenvalue weighted by Gasteiger charge is -2.30. The van der Waals surface area contributed by atoms with E-state index in [2.05, 4.69) is 29.6 Å². The summed E-state index contributed by atoms with van der Waals surface area (Å²) in [5.74, 6) is 3.49. The molecule has 2 unspecified atom stereocenters. The van der Waals surface area contributed by atoms with Crippen molar-refractivity contribution >= 4 is 5.91 Å². The SMILES string of the molecule is COc1ccc(C2CNC(=O)C(Cc3ccc(Oc4ccccc4)cc3)C2)cc1OC1CCCC1. The molecule has 5 rings (SSSR count). The average Bonchev–Trinajstić information content (AvgIpc) is 3.40. The summed E-state index contributed by atoms with van der Waals surface area (Å²) in [7, 11) is 1.68. The van der Waals surface area contributed by atoms with Crippen molar-refractivity contribution in [3.8, 4) is 23.0 Å². The first-order chi connectivity index (χ1) is 17.2. The second kappa shape index (κ2) is 10.9. The predicted molar refractivity (Wildman–Crippen MR) is 136 cm³/mol. The number of piperidine rings is 1. The molecule has 0 bridgehead atoms. The third-order valence-corrected chi connectivity index (χ3v) is 7.10. The summed E-state index contributed by atoms with van der Waals surface area (Å²) < 4.78 is 17.8. The van der Waals surface area contributed by atoms with Gasteiger partial charge in [-0.2, -0.15) is 0 Å². The number of hydrogen-bond acceptors (Lipinski definition) is 4. The van der Waals surface area contributed by atoms with Crippen LogP contribution in [0.25, 0.3) is 0 Å². The molecule has 0 aromatic heterocycles. The Morgan fingerprint density at radius 1 is 0.886 bits per heavy atom. The van der Waals surface area contributed by atoms with Gasteiger partial charge in [0.1, 0.15) is 11.5 Å². The third-order valence-electron chi connectivity index (χ3n) is 7.10. The number of rotatable bonds is 8. The van der Waals surface area contributed by atoms with Crippen LogP contribution in [-0.2, 0) is 11.2 Å². The van der Waals surface area contributed by atoms with Crippen molar-refractivity contribution in [2.24, 2.45) is 5.92 Å². The number of hydrogen-bond donors (Lipinski definition) is 1.